The van der Waals surface area contributed by atoms with Gasteiger partial charge in [0, 0.05) is 19.3 Å². The van der Waals surface area contributed by atoms with Gasteiger partial charge < -0.3 is 4.74 Å². The highest BCUT2D eigenvalue weighted by molar-refractivity contribution is 6.12. The topological polar surface area (TPSA) is 65.1 Å². The predicted molar refractivity (Wildman–Crippen MR) is 84.0 cm³/mol. The Hall–Kier alpha value is -1.24. The van der Waals surface area contributed by atoms with Gasteiger partial charge in [-0.3, -0.25) is 14.5 Å². The number of amides is 2. The van der Waals surface area contributed by atoms with Crippen LogP contribution in [0, 0.1) is 17.8 Å². The molecule has 6 heteroatoms. The van der Waals surface area contributed by atoms with Crippen LogP contribution in [0.5, 0.6) is 0 Å². The number of methoxy groups -OCH3 is 1. The van der Waals surface area contributed by atoms with Crippen LogP contribution in [0.15, 0.2) is 12.2 Å². The number of nitrogens with zero attached hydrogens (tertiary/aromatic N) is 1. The average Bonchev–Trinajstić information content (AvgIpc) is 2.82. The molecule has 0 aromatic heterocycles. The largest absolute Gasteiger partial charge is 0.352 e. The smallest absolute Gasteiger partial charge is 0.253 e. The standard InChI is InChI=1S/C17H27NO5/c1-11(2)13-6-5-12(3)9-14(13)22-23-17(21-4)10-18-15(19)7-8-16(18)20/h7-8,11-14,17H,5-6,9-10H2,1-4H3. The maximum Gasteiger partial charge on any atom is 0.253 e. The highest BCUT2D eigenvalue weighted by Gasteiger charge is 2.34. The lowest BCUT2D eigenvalue weighted by Crippen LogP contribution is -2.41. The number of ether oxygens (including phenoxy) is 1. The van der Waals surface area contributed by atoms with Gasteiger partial charge in [-0.2, -0.15) is 0 Å². The van der Waals surface area contributed by atoms with Gasteiger partial charge in [0.05, 0.1) is 12.6 Å². The fourth-order valence-corrected chi connectivity index (χ4v) is 3.26. The predicted octanol–water partition coefficient (Wildman–Crippen LogP) is 2.29. The highest BCUT2D eigenvalue weighted by Crippen LogP contribution is 2.35. The Bertz CT molecular complexity index is 444. The van der Waals surface area contributed by atoms with Crippen molar-refractivity contribution in [2.24, 2.45) is 17.8 Å². The van der Waals surface area contributed by atoms with Gasteiger partial charge in [-0.1, -0.05) is 27.2 Å². The zero-order chi connectivity index (χ0) is 17.0. The molecule has 0 N–H and O–H groups in total. The van der Waals surface area contributed by atoms with Gasteiger partial charge in [-0.15, -0.1) is 0 Å². The second-order valence-corrected chi connectivity index (χ2v) is 6.84. The summed E-state index contributed by atoms with van der Waals surface area (Å²) in [5.41, 5.74) is 0. The molecule has 0 saturated heterocycles. The monoisotopic (exact) mass is 325 g/mol. The maximum absolute atomic E-state index is 11.6. The van der Waals surface area contributed by atoms with Gasteiger partial charge in [-0.25, -0.2) is 9.78 Å². The lowest BCUT2D eigenvalue weighted by Gasteiger charge is -2.36. The molecule has 0 aromatic rings. The fraction of sp³-hybridized carbons (Fsp3) is 0.765. The minimum atomic E-state index is -0.784. The summed E-state index contributed by atoms with van der Waals surface area (Å²) in [6.45, 7) is 6.62. The minimum Gasteiger partial charge on any atom is -0.352 e. The average molecular weight is 325 g/mol. The molecule has 2 aliphatic rings. The summed E-state index contributed by atoms with van der Waals surface area (Å²) in [6.07, 6.45) is 4.99. The van der Waals surface area contributed by atoms with E-state index < -0.39 is 6.29 Å². The van der Waals surface area contributed by atoms with Crippen molar-refractivity contribution in [1.82, 2.24) is 4.90 Å². The molecule has 1 heterocycles. The highest BCUT2D eigenvalue weighted by atomic mass is 17.2. The van der Waals surface area contributed by atoms with E-state index in [-0.39, 0.29) is 24.5 Å². The zero-order valence-corrected chi connectivity index (χ0v) is 14.4. The first-order chi connectivity index (χ1) is 10.9. The Morgan fingerprint density at radius 2 is 1.87 bits per heavy atom. The summed E-state index contributed by atoms with van der Waals surface area (Å²) in [6, 6.07) is 0. The molecule has 0 aromatic carbocycles. The Morgan fingerprint density at radius 1 is 1.22 bits per heavy atom. The molecule has 1 fully saturated rings. The molecule has 0 radical (unpaired) electrons. The number of hydrogen-bond acceptors (Lipinski definition) is 5. The van der Waals surface area contributed by atoms with Crippen molar-refractivity contribution in [1.29, 1.82) is 0 Å². The number of rotatable bonds is 7. The third-order valence-electron chi connectivity index (χ3n) is 4.74. The first-order valence-electron chi connectivity index (χ1n) is 8.30. The molecular weight excluding hydrogens is 298 g/mol. The van der Waals surface area contributed by atoms with E-state index in [4.69, 9.17) is 14.5 Å². The van der Waals surface area contributed by atoms with Gasteiger partial charge >= 0.3 is 0 Å². The van der Waals surface area contributed by atoms with Gasteiger partial charge in [-0.05, 0) is 30.6 Å². The van der Waals surface area contributed by atoms with E-state index >= 15 is 0 Å². The SMILES string of the molecule is COC(CN1C(=O)C=CC1=O)OOC1CC(C)CCC1C(C)C. The van der Waals surface area contributed by atoms with Crippen molar-refractivity contribution >= 4 is 11.8 Å². The fourth-order valence-electron chi connectivity index (χ4n) is 3.26. The van der Waals surface area contributed by atoms with Crippen LogP contribution in [0.4, 0.5) is 0 Å². The van der Waals surface area contributed by atoms with E-state index in [0.29, 0.717) is 17.8 Å². The summed E-state index contributed by atoms with van der Waals surface area (Å²) in [5, 5.41) is 0. The molecule has 1 saturated carbocycles. The van der Waals surface area contributed by atoms with Crippen molar-refractivity contribution < 1.29 is 24.1 Å². The van der Waals surface area contributed by atoms with E-state index in [1.54, 1.807) is 0 Å². The van der Waals surface area contributed by atoms with Crippen molar-refractivity contribution in [2.75, 3.05) is 13.7 Å². The zero-order valence-electron chi connectivity index (χ0n) is 14.4. The molecule has 6 nitrogen and oxygen atoms in total. The number of hydrogen-bond donors (Lipinski definition) is 0. The summed E-state index contributed by atoms with van der Waals surface area (Å²) >= 11 is 0. The van der Waals surface area contributed by atoms with Crippen molar-refractivity contribution in [3.05, 3.63) is 12.2 Å². The van der Waals surface area contributed by atoms with Crippen LogP contribution in [0.2, 0.25) is 0 Å². The van der Waals surface area contributed by atoms with Crippen LogP contribution >= 0.6 is 0 Å². The van der Waals surface area contributed by atoms with Crippen LogP contribution in [-0.4, -0.2) is 42.8 Å². The minimum absolute atomic E-state index is 0.0134. The first kappa shape index (κ1) is 18.1. The third-order valence-corrected chi connectivity index (χ3v) is 4.74. The van der Waals surface area contributed by atoms with Crippen LogP contribution in [0.1, 0.15) is 40.0 Å². The van der Waals surface area contributed by atoms with Crippen LogP contribution in [0.25, 0.3) is 0 Å². The Balaban J connectivity index is 1.88. The van der Waals surface area contributed by atoms with E-state index in [9.17, 15) is 9.59 Å². The van der Waals surface area contributed by atoms with Crippen LogP contribution < -0.4 is 0 Å². The number of imide groups is 1. The lowest BCUT2D eigenvalue weighted by molar-refractivity contribution is -0.406. The summed E-state index contributed by atoms with van der Waals surface area (Å²) in [4.78, 5) is 35.4. The molecule has 0 bridgehead atoms. The maximum atomic E-state index is 11.6. The number of carbonyl (C=O) groups is 2. The Morgan fingerprint density at radius 3 is 2.43 bits per heavy atom. The summed E-state index contributed by atoms with van der Waals surface area (Å²) < 4.78 is 5.20. The number of carbonyl (C=O) groups excluding carboxylic acids is 2. The van der Waals surface area contributed by atoms with Crippen molar-refractivity contribution in [2.45, 2.75) is 52.4 Å². The first-order valence-corrected chi connectivity index (χ1v) is 8.30. The molecule has 2 rings (SSSR count). The molecule has 0 spiro atoms. The Kier molecular flexibility index (Phi) is 6.33. The van der Waals surface area contributed by atoms with Gasteiger partial charge in [0.15, 0.2) is 0 Å². The molecule has 130 valence electrons. The molecule has 2 amide bonds. The summed E-state index contributed by atoms with van der Waals surface area (Å²) in [7, 11) is 1.47. The molecule has 4 atom stereocenters. The molecule has 4 unspecified atom stereocenters. The molecule has 1 aliphatic heterocycles. The lowest BCUT2D eigenvalue weighted by atomic mass is 9.75. The third kappa shape index (κ3) is 4.62. The van der Waals surface area contributed by atoms with Crippen LogP contribution in [0.3, 0.4) is 0 Å². The van der Waals surface area contributed by atoms with E-state index in [1.807, 2.05) is 0 Å². The second kappa shape index (κ2) is 8.04. The summed E-state index contributed by atoms with van der Waals surface area (Å²) in [5.74, 6) is 0.855. The second-order valence-electron chi connectivity index (χ2n) is 6.84. The van der Waals surface area contributed by atoms with E-state index in [1.165, 1.54) is 25.7 Å². The van der Waals surface area contributed by atoms with Crippen molar-refractivity contribution in [3.8, 4) is 0 Å². The van der Waals surface area contributed by atoms with Gasteiger partial charge in [0.2, 0.25) is 6.29 Å². The van der Waals surface area contributed by atoms with Gasteiger partial charge in [0.1, 0.15) is 0 Å². The van der Waals surface area contributed by atoms with E-state index in [0.717, 1.165) is 17.7 Å². The van der Waals surface area contributed by atoms with E-state index in [2.05, 4.69) is 20.8 Å². The Labute approximate surface area is 137 Å². The quantitative estimate of drug-likeness (QED) is 0.311. The molecule has 1 aliphatic carbocycles. The van der Waals surface area contributed by atoms with Gasteiger partial charge in [0.25, 0.3) is 11.8 Å². The normalized spacial score (nSPS) is 29.6. The molecular formula is C17H27NO5. The molecule has 23 heavy (non-hydrogen) atoms. The van der Waals surface area contributed by atoms with Crippen LogP contribution in [-0.2, 0) is 24.1 Å². The van der Waals surface area contributed by atoms with Crippen molar-refractivity contribution in [3.63, 3.8) is 0 Å².